The molecule has 0 heterocycles. The fraction of sp³-hybridized carbons (Fsp3) is 0.188. The van der Waals surface area contributed by atoms with Gasteiger partial charge in [0.1, 0.15) is 5.82 Å². The number of nitrogens with zero attached hydrogens (tertiary/aromatic N) is 1. The highest BCUT2D eigenvalue weighted by molar-refractivity contribution is 6.06. The first-order valence-corrected chi connectivity index (χ1v) is 6.30. The second-order valence-corrected chi connectivity index (χ2v) is 4.95. The molecule has 1 amide bonds. The number of carbonyl (C=O) groups excluding carboxylic acids is 1. The molecule has 0 unspecified atom stereocenters. The molecule has 2 rings (SSSR count). The highest BCUT2D eigenvalue weighted by atomic mass is 19.1. The third-order valence-electron chi connectivity index (χ3n) is 3.14. The summed E-state index contributed by atoms with van der Waals surface area (Å²) in [7, 11) is 1.69. The lowest BCUT2D eigenvalue weighted by Crippen LogP contribution is -2.26. The van der Waals surface area contributed by atoms with Crippen LogP contribution in [0.2, 0.25) is 0 Å². The molecule has 0 aliphatic rings. The van der Waals surface area contributed by atoms with Crippen molar-refractivity contribution in [1.82, 2.24) is 0 Å². The number of rotatable bonds is 2. The third kappa shape index (κ3) is 2.79. The van der Waals surface area contributed by atoms with Crippen molar-refractivity contribution in [3.63, 3.8) is 0 Å². The summed E-state index contributed by atoms with van der Waals surface area (Å²) in [5.41, 5.74) is 8.81. The molecular formula is C16H17FN2O. The summed E-state index contributed by atoms with van der Waals surface area (Å²) in [6.07, 6.45) is 0. The Balaban J connectivity index is 2.34. The summed E-state index contributed by atoms with van der Waals surface area (Å²) in [6.45, 7) is 3.95. The number of nitrogen functional groups attached to an aromatic ring is 1. The van der Waals surface area contributed by atoms with Crippen molar-refractivity contribution in [1.29, 1.82) is 0 Å². The van der Waals surface area contributed by atoms with E-state index in [0.29, 0.717) is 5.56 Å². The highest BCUT2D eigenvalue weighted by Crippen LogP contribution is 2.21. The number of aryl methyl sites for hydroxylation is 2. The van der Waals surface area contributed by atoms with Gasteiger partial charge >= 0.3 is 0 Å². The van der Waals surface area contributed by atoms with Crippen LogP contribution in [0.4, 0.5) is 15.8 Å². The van der Waals surface area contributed by atoms with Crippen LogP contribution in [-0.4, -0.2) is 13.0 Å². The average molecular weight is 272 g/mol. The van der Waals surface area contributed by atoms with Crippen molar-refractivity contribution >= 4 is 17.3 Å². The minimum Gasteiger partial charge on any atom is -0.396 e. The first-order valence-electron chi connectivity index (χ1n) is 6.30. The van der Waals surface area contributed by atoms with Crippen molar-refractivity contribution in [3.8, 4) is 0 Å². The molecule has 20 heavy (non-hydrogen) atoms. The first kappa shape index (κ1) is 14.1. The first-order chi connectivity index (χ1) is 9.38. The Hall–Kier alpha value is -2.36. The van der Waals surface area contributed by atoms with Crippen molar-refractivity contribution in [2.24, 2.45) is 0 Å². The van der Waals surface area contributed by atoms with E-state index in [0.717, 1.165) is 16.8 Å². The monoisotopic (exact) mass is 272 g/mol. The van der Waals surface area contributed by atoms with Crippen molar-refractivity contribution in [3.05, 3.63) is 58.9 Å². The zero-order valence-corrected chi connectivity index (χ0v) is 11.8. The predicted octanol–water partition coefficient (Wildman–Crippen LogP) is 3.30. The van der Waals surface area contributed by atoms with Gasteiger partial charge in [-0.15, -0.1) is 0 Å². The van der Waals surface area contributed by atoms with Crippen LogP contribution in [-0.2, 0) is 0 Å². The minimum atomic E-state index is -0.518. The standard InChI is InChI=1S/C16H17FN2O/c1-10-6-11(2)8-13(7-10)19(3)16(20)12-4-5-14(17)15(18)9-12/h4-9H,18H2,1-3H3. The molecule has 0 saturated carbocycles. The number of anilines is 2. The van der Waals surface area contributed by atoms with Crippen LogP contribution in [0.3, 0.4) is 0 Å². The molecule has 0 fully saturated rings. The highest BCUT2D eigenvalue weighted by Gasteiger charge is 2.15. The number of nitrogens with two attached hydrogens (primary N) is 1. The summed E-state index contributed by atoms with van der Waals surface area (Å²) in [5, 5.41) is 0. The molecule has 104 valence electrons. The van der Waals surface area contributed by atoms with Gasteiger partial charge in [0, 0.05) is 18.3 Å². The molecule has 0 saturated heterocycles. The number of halogens is 1. The SMILES string of the molecule is Cc1cc(C)cc(N(C)C(=O)c2ccc(F)c(N)c2)c1. The Labute approximate surface area is 117 Å². The largest absolute Gasteiger partial charge is 0.396 e. The molecule has 0 aliphatic heterocycles. The van der Waals surface area contributed by atoms with Crippen molar-refractivity contribution in [2.75, 3.05) is 17.7 Å². The molecule has 0 spiro atoms. The molecular weight excluding hydrogens is 255 g/mol. The number of benzene rings is 2. The Bertz CT molecular complexity index is 647. The number of amides is 1. The summed E-state index contributed by atoms with van der Waals surface area (Å²) in [5.74, 6) is -0.739. The quantitative estimate of drug-likeness (QED) is 0.853. The Morgan fingerprint density at radius 2 is 1.70 bits per heavy atom. The van der Waals surface area contributed by atoms with E-state index < -0.39 is 5.82 Å². The molecule has 2 aromatic rings. The van der Waals surface area contributed by atoms with Gasteiger partial charge in [0.15, 0.2) is 0 Å². The van der Waals surface area contributed by atoms with Crippen LogP contribution in [0.5, 0.6) is 0 Å². The van der Waals surface area contributed by atoms with Crippen LogP contribution in [0.25, 0.3) is 0 Å². The maximum Gasteiger partial charge on any atom is 0.258 e. The van der Waals surface area contributed by atoms with E-state index in [2.05, 4.69) is 0 Å². The van der Waals surface area contributed by atoms with Gasteiger partial charge in [-0.2, -0.15) is 0 Å². The number of carbonyl (C=O) groups is 1. The molecule has 4 heteroatoms. The fourth-order valence-corrected chi connectivity index (χ4v) is 2.13. The molecule has 3 nitrogen and oxygen atoms in total. The predicted molar refractivity (Wildman–Crippen MR) is 79.5 cm³/mol. The Morgan fingerprint density at radius 3 is 2.25 bits per heavy atom. The molecule has 0 aromatic heterocycles. The van der Waals surface area contributed by atoms with E-state index >= 15 is 0 Å². The number of hydrogen-bond donors (Lipinski definition) is 1. The minimum absolute atomic E-state index is 0.0235. The van der Waals surface area contributed by atoms with E-state index in [1.54, 1.807) is 7.05 Å². The van der Waals surface area contributed by atoms with E-state index in [-0.39, 0.29) is 11.6 Å². The van der Waals surface area contributed by atoms with Gasteiger partial charge in [-0.3, -0.25) is 4.79 Å². The normalized spacial score (nSPS) is 10.4. The summed E-state index contributed by atoms with van der Waals surface area (Å²) >= 11 is 0. The molecule has 2 N–H and O–H groups in total. The molecule has 0 bridgehead atoms. The molecule has 0 radical (unpaired) electrons. The van der Waals surface area contributed by atoms with E-state index in [1.807, 2.05) is 32.0 Å². The van der Waals surface area contributed by atoms with Gasteiger partial charge in [0.25, 0.3) is 5.91 Å². The lowest BCUT2D eigenvalue weighted by Gasteiger charge is -2.19. The van der Waals surface area contributed by atoms with Crippen LogP contribution < -0.4 is 10.6 Å². The smallest absolute Gasteiger partial charge is 0.258 e. The van der Waals surface area contributed by atoms with Crippen LogP contribution in [0.1, 0.15) is 21.5 Å². The second kappa shape index (κ2) is 5.33. The van der Waals surface area contributed by atoms with Gasteiger partial charge in [0.05, 0.1) is 5.69 Å². The van der Waals surface area contributed by atoms with Gasteiger partial charge in [0.2, 0.25) is 0 Å². The van der Waals surface area contributed by atoms with Gasteiger partial charge < -0.3 is 10.6 Å². The van der Waals surface area contributed by atoms with Crippen molar-refractivity contribution < 1.29 is 9.18 Å². The number of hydrogen-bond acceptors (Lipinski definition) is 2. The van der Waals surface area contributed by atoms with E-state index in [9.17, 15) is 9.18 Å². The topological polar surface area (TPSA) is 46.3 Å². The van der Waals surface area contributed by atoms with Crippen LogP contribution in [0.15, 0.2) is 36.4 Å². The summed E-state index contributed by atoms with van der Waals surface area (Å²) in [4.78, 5) is 13.9. The third-order valence-corrected chi connectivity index (χ3v) is 3.14. The molecule has 2 aromatic carbocycles. The summed E-state index contributed by atoms with van der Waals surface area (Å²) < 4.78 is 13.1. The van der Waals surface area contributed by atoms with Crippen LogP contribution in [0, 0.1) is 19.7 Å². The fourth-order valence-electron chi connectivity index (χ4n) is 2.13. The van der Waals surface area contributed by atoms with E-state index in [1.165, 1.54) is 23.1 Å². The Kier molecular flexibility index (Phi) is 3.74. The average Bonchev–Trinajstić information content (AvgIpc) is 2.39. The van der Waals surface area contributed by atoms with Gasteiger partial charge in [-0.05, 0) is 55.3 Å². The summed E-state index contributed by atoms with van der Waals surface area (Å²) in [6, 6.07) is 9.90. The molecule has 0 aliphatic carbocycles. The van der Waals surface area contributed by atoms with Gasteiger partial charge in [-0.1, -0.05) is 6.07 Å². The lowest BCUT2D eigenvalue weighted by atomic mass is 10.1. The zero-order valence-electron chi connectivity index (χ0n) is 11.8. The van der Waals surface area contributed by atoms with E-state index in [4.69, 9.17) is 5.73 Å². The van der Waals surface area contributed by atoms with Crippen LogP contribution >= 0.6 is 0 Å². The maximum atomic E-state index is 13.1. The van der Waals surface area contributed by atoms with Gasteiger partial charge in [-0.25, -0.2) is 4.39 Å². The molecule has 0 atom stereocenters. The maximum absolute atomic E-state index is 13.1. The Morgan fingerprint density at radius 1 is 1.10 bits per heavy atom. The second-order valence-electron chi connectivity index (χ2n) is 4.95. The van der Waals surface area contributed by atoms with Crippen molar-refractivity contribution in [2.45, 2.75) is 13.8 Å². The lowest BCUT2D eigenvalue weighted by molar-refractivity contribution is 0.0993. The zero-order chi connectivity index (χ0) is 14.9.